The van der Waals surface area contributed by atoms with Crippen LogP contribution in [0.3, 0.4) is 0 Å². The van der Waals surface area contributed by atoms with Crippen LogP contribution in [0.1, 0.15) is 52.7 Å². The monoisotopic (exact) mass is 1140 g/mol. The highest BCUT2D eigenvalue weighted by Gasteiger charge is 2.44. The van der Waals surface area contributed by atoms with Crippen molar-refractivity contribution in [1.82, 2.24) is 14.5 Å². The summed E-state index contributed by atoms with van der Waals surface area (Å²) in [6.07, 6.45) is 7.80. The highest BCUT2D eigenvalue weighted by atomic mass is 15.2. The predicted octanol–water partition coefficient (Wildman–Crippen LogP) is 20.2. The molecule has 4 nitrogen and oxygen atoms in total. The van der Waals surface area contributed by atoms with E-state index in [4.69, 9.17) is 9.97 Å². The van der Waals surface area contributed by atoms with Gasteiger partial charge in [0.15, 0.2) is 0 Å². The zero-order valence-corrected chi connectivity index (χ0v) is 50.8. The van der Waals surface area contributed by atoms with Gasteiger partial charge in [0.1, 0.15) is 0 Å². The van der Waals surface area contributed by atoms with E-state index in [1.807, 2.05) is 24.8 Å². The third-order valence-electron chi connectivity index (χ3n) is 19.2. The molecule has 0 saturated heterocycles. The number of hydrogen-bond acceptors (Lipinski definition) is 3. The minimum Gasteiger partial charge on any atom is -0.311 e. The average Bonchev–Trinajstić information content (AvgIpc) is 1.61. The van der Waals surface area contributed by atoms with Crippen LogP contribution in [-0.4, -0.2) is 21.2 Å². The number of benzene rings is 12. The molecule has 17 rings (SSSR count). The van der Waals surface area contributed by atoms with Gasteiger partial charge in [-0.25, -0.2) is 0 Å². The van der Waals surface area contributed by atoms with Gasteiger partial charge in [0.05, 0.1) is 5.52 Å². The van der Waals surface area contributed by atoms with E-state index >= 15 is 0 Å². The average molecular weight is 1140 g/mol. The Labute approximate surface area is 520 Å². The Morgan fingerprint density at radius 3 is 1.49 bits per heavy atom. The first-order valence-electron chi connectivity index (χ1n) is 31.2. The molecule has 0 bridgehead atoms. The first kappa shape index (κ1) is 52.7. The van der Waals surface area contributed by atoms with Gasteiger partial charge >= 0.3 is 0 Å². The Bertz CT molecular complexity index is 5270. The molecular formula is C84H63BN4. The fourth-order valence-electron chi connectivity index (χ4n) is 15.0. The van der Waals surface area contributed by atoms with Crippen LogP contribution in [0.5, 0.6) is 0 Å². The van der Waals surface area contributed by atoms with Crippen LogP contribution in [-0.2, 0) is 10.8 Å². The first-order chi connectivity index (χ1) is 43.4. The summed E-state index contributed by atoms with van der Waals surface area (Å²) >= 11 is 0. The molecule has 0 amide bonds. The molecule has 2 aliphatic rings. The second-order valence-corrected chi connectivity index (χ2v) is 26.5. The van der Waals surface area contributed by atoms with E-state index < -0.39 is 0 Å². The molecule has 0 fully saturated rings. The fraction of sp³-hybridized carbons (Fsp3) is 0.0952. The summed E-state index contributed by atoms with van der Waals surface area (Å²) in [5.41, 5.74) is 26.9. The Morgan fingerprint density at radius 2 is 0.876 bits per heavy atom. The van der Waals surface area contributed by atoms with Crippen molar-refractivity contribution in [3.8, 4) is 72.4 Å². The van der Waals surface area contributed by atoms with Crippen molar-refractivity contribution in [2.75, 3.05) is 4.90 Å². The fourth-order valence-corrected chi connectivity index (χ4v) is 15.0. The summed E-state index contributed by atoms with van der Waals surface area (Å²) in [6, 6.07) is 94.0. The van der Waals surface area contributed by atoms with Crippen molar-refractivity contribution < 1.29 is 0 Å². The van der Waals surface area contributed by atoms with Gasteiger partial charge in [-0.2, -0.15) is 0 Å². The summed E-state index contributed by atoms with van der Waals surface area (Å²) in [5, 5.41) is 10.1. The van der Waals surface area contributed by atoms with Crippen LogP contribution in [0, 0.1) is 0 Å². The maximum absolute atomic E-state index is 4.82. The highest BCUT2D eigenvalue weighted by Crippen LogP contribution is 2.51. The van der Waals surface area contributed by atoms with Crippen LogP contribution < -0.4 is 21.3 Å². The number of rotatable bonds is 7. The van der Waals surface area contributed by atoms with Crippen molar-refractivity contribution in [2.24, 2.45) is 0 Å². The number of pyridine rings is 2. The van der Waals surface area contributed by atoms with Crippen molar-refractivity contribution in [3.63, 3.8) is 0 Å². The molecule has 0 aliphatic carbocycles. The molecule has 3 aromatic heterocycles. The van der Waals surface area contributed by atoms with Crippen LogP contribution in [0.4, 0.5) is 17.1 Å². The summed E-state index contributed by atoms with van der Waals surface area (Å²) in [4.78, 5) is 12.2. The first-order valence-corrected chi connectivity index (χ1v) is 31.2. The topological polar surface area (TPSA) is 34.0 Å². The largest absolute Gasteiger partial charge is 0.311 e. The molecule has 0 saturated carbocycles. The zero-order valence-electron chi connectivity index (χ0n) is 50.8. The van der Waals surface area contributed by atoms with Crippen LogP contribution >= 0.6 is 0 Å². The van der Waals surface area contributed by atoms with Gasteiger partial charge in [0.2, 0.25) is 0 Å². The number of aromatic nitrogens is 3. The lowest BCUT2D eigenvalue weighted by Gasteiger charge is -2.41. The molecule has 0 N–H and O–H groups in total. The van der Waals surface area contributed by atoms with E-state index in [0.29, 0.717) is 0 Å². The summed E-state index contributed by atoms with van der Waals surface area (Å²) in [6.45, 7) is 13.8. The van der Waals surface area contributed by atoms with E-state index in [1.165, 1.54) is 115 Å². The molecule has 0 radical (unpaired) electrons. The highest BCUT2D eigenvalue weighted by molar-refractivity contribution is 7.00. The lowest BCUT2D eigenvalue weighted by Crippen LogP contribution is -2.60. The third-order valence-corrected chi connectivity index (χ3v) is 19.2. The molecule has 0 unspecified atom stereocenters. The quantitative estimate of drug-likeness (QED) is 0.118. The lowest BCUT2D eigenvalue weighted by molar-refractivity contribution is 0.590. The van der Waals surface area contributed by atoms with Gasteiger partial charge in [-0.1, -0.05) is 224 Å². The Balaban J connectivity index is 1.09. The SMILES string of the molecule is CC(C)(C)c1ccc(N2c3ccc(C(C)(C)C)cc3B3c4c2cc(-c2c(-c5cccnc5)cc(-c5ccccc5)cc2-c2cccnc2)cc4-n2c4ccc5c6ccccc6c6ccccc6c5c4c4cc(-c5ccccc5-c5ccccc5)cc3c42)cc1. The molecule has 12 aromatic carbocycles. The van der Waals surface area contributed by atoms with E-state index in [0.717, 1.165) is 55.9 Å². The van der Waals surface area contributed by atoms with Crippen LogP contribution in [0.15, 0.2) is 274 Å². The Kier molecular flexibility index (Phi) is 11.8. The molecule has 15 aromatic rings. The molecule has 5 heterocycles. The standard InChI is InChI=1S/C84H63BN4/c1-83(2,3)59-33-36-61(37-34-59)88-74-39-35-60(84(4,5)6)49-72(74)85-73-46-57(63-28-14-13-27-62(63)53-23-11-8-12-24-53)45-71-80-75(40-38-68-66-31-16-15-29-64(66)65-30-17-18-32-67(65)79(68)80)89(82(71)73)77-48-58(47-76(88)81(77)85)78-69(54-25-19-41-86-50-54)43-56(52-21-9-7-10-22-52)44-70(78)55-26-20-42-87-51-55/h7-51H,1-6H3. The zero-order chi connectivity index (χ0) is 59.9. The normalized spacial score (nSPS) is 12.8. The third kappa shape index (κ3) is 8.29. The Morgan fingerprint density at radius 1 is 0.337 bits per heavy atom. The molecule has 5 heteroatoms. The predicted molar refractivity (Wildman–Crippen MR) is 378 cm³/mol. The molecule has 89 heavy (non-hydrogen) atoms. The number of nitrogens with zero attached hydrogens (tertiary/aromatic N) is 4. The molecule has 422 valence electrons. The minimum absolute atomic E-state index is 0.0371. The van der Waals surface area contributed by atoms with E-state index in [2.05, 4.69) is 300 Å². The lowest BCUT2D eigenvalue weighted by atomic mass is 9.33. The van der Waals surface area contributed by atoms with Gasteiger partial charge in [-0.05, 0) is 188 Å². The molecule has 0 atom stereocenters. The summed E-state index contributed by atoms with van der Waals surface area (Å²) in [7, 11) is 0. The van der Waals surface area contributed by atoms with Crippen LogP contribution in [0.25, 0.3) is 127 Å². The summed E-state index contributed by atoms with van der Waals surface area (Å²) < 4.78 is 2.68. The molecular weight excluding hydrogens is 1080 g/mol. The van der Waals surface area contributed by atoms with E-state index in [-0.39, 0.29) is 17.5 Å². The maximum Gasteiger partial charge on any atom is 0.252 e. The smallest absolute Gasteiger partial charge is 0.252 e. The number of hydrogen-bond donors (Lipinski definition) is 0. The minimum atomic E-state index is -0.167. The second-order valence-electron chi connectivity index (χ2n) is 26.5. The van der Waals surface area contributed by atoms with Gasteiger partial charge < -0.3 is 9.47 Å². The molecule has 0 spiro atoms. The van der Waals surface area contributed by atoms with Crippen molar-refractivity contribution in [3.05, 3.63) is 285 Å². The van der Waals surface area contributed by atoms with Crippen molar-refractivity contribution >= 4 is 94.3 Å². The van der Waals surface area contributed by atoms with Gasteiger partial charge in [0.25, 0.3) is 6.71 Å². The Hall–Kier alpha value is -10.6. The van der Waals surface area contributed by atoms with E-state index in [9.17, 15) is 0 Å². The van der Waals surface area contributed by atoms with Gasteiger partial charge in [0, 0.05) is 80.3 Å². The van der Waals surface area contributed by atoms with Crippen LogP contribution in [0.2, 0.25) is 0 Å². The van der Waals surface area contributed by atoms with E-state index in [1.54, 1.807) is 0 Å². The van der Waals surface area contributed by atoms with Gasteiger partial charge in [-0.3, -0.25) is 9.97 Å². The number of fused-ring (bicyclic) bond motifs is 14. The van der Waals surface area contributed by atoms with Crippen molar-refractivity contribution in [1.29, 1.82) is 0 Å². The second kappa shape index (κ2) is 20.0. The van der Waals surface area contributed by atoms with Gasteiger partial charge in [-0.15, -0.1) is 0 Å². The number of anilines is 3. The summed E-state index contributed by atoms with van der Waals surface area (Å²) in [5.74, 6) is 0. The molecule has 2 aliphatic heterocycles. The van der Waals surface area contributed by atoms with Crippen molar-refractivity contribution in [2.45, 2.75) is 52.4 Å². The maximum atomic E-state index is 4.82.